The SMILES string of the molecule is Cc1nc2cnc(CC(=O)O)cn2n1. The van der Waals surface area contributed by atoms with Gasteiger partial charge >= 0.3 is 5.97 Å². The van der Waals surface area contributed by atoms with Gasteiger partial charge < -0.3 is 5.11 Å². The van der Waals surface area contributed by atoms with E-state index in [-0.39, 0.29) is 6.42 Å². The number of hydrogen-bond acceptors (Lipinski definition) is 4. The van der Waals surface area contributed by atoms with E-state index in [4.69, 9.17) is 5.11 Å². The molecule has 0 amide bonds. The molecule has 0 fully saturated rings. The maximum absolute atomic E-state index is 10.4. The van der Waals surface area contributed by atoms with Gasteiger partial charge in [-0.15, -0.1) is 0 Å². The Hall–Kier alpha value is -1.98. The van der Waals surface area contributed by atoms with Crippen LogP contribution in [0.3, 0.4) is 0 Å². The molecule has 72 valence electrons. The number of hydrogen-bond donors (Lipinski definition) is 1. The molecule has 14 heavy (non-hydrogen) atoms. The van der Waals surface area contributed by atoms with Crippen LogP contribution in [0.4, 0.5) is 0 Å². The number of carbonyl (C=O) groups is 1. The van der Waals surface area contributed by atoms with E-state index in [0.717, 1.165) is 0 Å². The van der Waals surface area contributed by atoms with Gasteiger partial charge in [0.1, 0.15) is 5.82 Å². The van der Waals surface area contributed by atoms with E-state index < -0.39 is 5.97 Å². The highest BCUT2D eigenvalue weighted by Gasteiger charge is 2.05. The summed E-state index contributed by atoms with van der Waals surface area (Å²) in [6.45, 7) is 1.77. The van der Waals surface area contributed by atoms with Crippen molar-refractivity contribution in [1.82, 2.24) is 19.6 Å². The molecular formula is C8H8N4O2. The summed E-state index contributed by atoms with van der Waals surface area (Å²) < 4.78 is 1.53. The van der Waals surface area contributed by atoms with Crippen LogP contribution in [0.5, 0.6) is 0 Å². The molecule has 0 aromatic carbocycles. The Morgan fingerprint density at radius 1 is 1.64 bits per heavy atom. The van der Waals surface area contributed by atoms with Gasteiger partial charge in [-0.3, -0.25) is 9.78 Å². The van der Waals surface area contributed by atoms with Gasteiger partial charge in [0, 0.05) is 0 Å². The molecule has 2 aromatic rings. The number of aliphatic carboxylic acids is 1. The lowest BCUT2D eigenvalue weighted by atomic mass is 10.3. The quantitative estimate of drug-likeness (QED) is 0.727. The second-order valence-electron chi connectivity index (χ2n) is 2.91. The molecule has 0 atom stereocenters. The van der Waals surface area contributed by atoms with Crippen molar-refractivity contribution in [2.75, 3.05) is 0 Å². The van der Waals surface area contributed by atoms with E-state index in [1.54, 1.807) is 13.1 Å². The zero-order valence-corrected chi connectivity index (χ0v) is 7.51. The predicted octanol–water partition coefficient (Wildman–Crippen LogP) is 0.0598. The van der Waals surface area contributed by atoms with Gasteiger partial charge in [0.15, 0.2) is 5.65 Å². The highest BCUT2D eigenvalue weighted by Crippen LogP contribution is 2.01. The number of carboxylic acids is 1. The fourth-order valence-corrected chi connectivity index (χ4v) is 1.19. The summed E-state index contributed by atoms with van der Waals surface area (Å²) in [7, 11) is 0. The summed E-state index contributed by atoms with van der Waals surface area (Å²) >= 11 is 0. The van der Waals surface area contributed by atoms with Gasteiger partial charge in [-0.2, -0.15) is 5.10 Å². The van der Waals surface area contributed by atoms with Gasteiger partial charge in [-0.25, -0.2) is 9.50 Å². The van der Waals surface area contributed by atoms with Crippen LogP contribution in [0.2, 0.25) is 0 Å². The van der Waals surface area contributed by atoms with Gasteiger partial charge in [0.05, 0.1) is 24.5 Å². The molecule has 0 spiro atoms. The highest BCUT2D eigenvalue weighted by molar-refractivity contribution is 5.69. The summed E-state index contributed by atoms with van der Waals surface area (Å²) in [5, 5.41) is 12.6. The normalized spacial score (nSPS) is 10.6. The number of aryl methyl sites for hydroxylation is 1. The Labute approximate surface area is 79.2 Å². The molecule has 0 unspecified atom stereocenters. The van der Waals surface area contributed by atoms with Crippen LogP contribution in [0.25, 0.3) is 5.65 Å². The minimum atomic E-state index is -0.909. The molecule has 0 saturated carbocycles. The van der Waals surface area contributed by atoms with Crippen molar-refractivity contribution in [1.29, 1.82) is 0 Å². The van der Waals surface area contributed by atoms with Crippen molar-refractivity contribution in [3.05, 3.63) is 23.9 Å². The lowest BCUT2D eigenvalue weighted by Crippen LogP contribution is -2.04. The molecule has 0 saturated heterocycles. The molecule has 1 N–H and O–H groups in total. The van der Waals surface area contributed by atoms with Crippen LogP contribution in [-0.4, -0.2) is 30.7 Å². The second kappa shape index (κ2) is 3.06. The molecule has 6 nitrogen and oxygen atoms in total. The topological polar surface area (TPSA) is 80.4 Å². The minimum Gasteiger partial charge on any atom is -0.481 e. The fourth-order valence-electron chi connectivity index (χ4n) is 1.19. The Balaban J connectivity index is 2.45. The molecule has 2 heterocycles. The minimum absolute atomic E-state index is 0.102. The Morgan fingerprint density at radius 3 is 3.14 bits per heavy atom. The number of carboxylic acid groups (broad SMARTS) is 1. The summed E-state index contributed by atoms with van der Waals surface area (Å²) in [6.07, 6.45) is 2.98. The van der Waals surface area contributed by atoms with Gasteiger partial charge in [0.25, 0.3) is 0 Å². The third-order valence-corrected chi connectivity index (χ3v) is 1.71. The lowest BCUT2D eigenvalue weighted by Gasteiger charge is -1.95. The third-order valence-electron chi connectivity index (χ3n) is 1.71. The molecule has 6 heteroatoms. The Morgan fingerprint density at radius 2 is 2.43 bits per heavy atom. The van der Waals surface area contributed by atoms with E-state index in [0.29, 0.717) is 17.2 Å². The first-order valence-electron chi connectivity index (χ1n) is 4.05. The van der Waals surface area contributed by atoms with E-state index in [9.17, 15) is 4.79 Å². The predicted molar refractivity (Wildman–Crippen MR) is 46.9 cm³/mol. The maximum Gasteiger partial charge on any atom is 0.309 e. The van der Waals surface area contributed by atoms with Crippen LogP contribution in [-0.2, 0) is 11.2 Å². The monoisotopic (exact) mass is 192 g/mol. The number of rotatable bonds is 2. The first-order chi connectivity index (χ1) is 6.65. The molecule has 0 aliphatic heterocycles. The standard InChI is InChI=1S/C8H8N4O2/c1-5-10-7-3-9-6(2-8(13)14)4-12(7)11-5/h3-4H,2H2,1H3,(H,13,14). The van der Waals surface area contributed by atoms with E-state index in [1.807, 2.05) is 0 Å². The second-order valence-corrected chi connectivity index (χ2v) is 2.91. The van der Waals surface area contributed by atoms with Gasteiger partial charge in [0.2, 0.25) is 0 Å². The van der Waals surface area contributed by atoms with Crippen LogP contribution in [0.15, 0.2) is 12.4 Å². The van der Waals surface area contributed by atoms with Gasteiger partial charge in [-0.05, 0) is 6.92 Å². The molecule has 2 aromatic heterocycles. The fraction of sp³-hybridized carbons (Fsp3) is 0.250. The molecule has 0 aliphatic carbocycles. The van der Waals surface area contributed by atoms with Crippen LogP contribution < -0.4 is 0 Å². The van der Waals surface area contributed by atoms with Crippen molar-refractivity contribution in [2.45, 2.75) is 13.3 Å². The highest BCUT2D eigenvalue weighted by atomic mass is 16.4. The summed E-state index contributed by atoms with van der Waals surface area (Å²) in [5.74, 6) is -0.270. The number of nitrogens with zero attached hydrogens (tertiary/aromatic N) is 4. The average Bonchev–Trinajstić information content (AvgIpc) is 2.42. The first kappa shape index (κ1) is 8.61. The Kier molecular flexibility index (Phi) is 1.88. The van der Waals surface area contributed by atoms with E-state index >= 15 is 0 Å². The molecule has 0 bridgehead atoms. The largest absolute Gasteiger partial charge is 0.481 e. The number of fused-ring (bicyclic) bond motifs is 1. The average molecular weight is 192 g/mol. The van der Waals surface area contributed by atoms with Crippen LogP contribution in [0, 0.1) is 6.92 Å². The van der Waals surface area contributed by atoms with Crippen molar-refractivity contribution in [2.24, 2.45) is 0 Å². The smallest absolute Gasteiger partial charge is 0.309 e. The van der Waals surface area contributed by atoms with Crippen molar-refractivity contribution in [3.63, 3.8) is 0 Å². The zero-order valence-electron chi connectivity index (χ0n) is 7.51. The van der Waals surface area contributed by atoms with Gasteiger partial charge in [-0.1, -0.05) is 0 Å². The zero-order chi connectivity index (χ0) is 10.1. The van der Waals surface area contributed by atoms with Crippen molar-refractivity contribution < 1.29 is 9.90 Å². The maximum atomic E-state index is 10.4. The van der Waals surface area contributed by atoms with Crippen LogP contribution >= 0.6 is 0 Å². The molecular weight excluding hydrogens is 184 g/mol. The summed E-state index contributed by atoms with van der Waals surface area (Å²) in [4.78, 5) is 18.5. The lowest BCUT2D eigenvalue weighted by molar-refractivity contribution is -0.136. The first-order valence-corrected chi connectivity index (χ1v) is 4.05. The van der Waals surface area contributed by atoms with E-state index in [1.165, 1.54) is 10.7 Å². The number of aromatic nitrogens is 4. The molecule has 0 radical (unpaired) electrons. The van der Waals surface area contributed by atoms with E-state index in [2.05, 4.69) is 15.1 Å². The Bertz CT molecular complexity index is 491. The summed E-state index contributed by atoms with van der Waals surface area (Å²) in [6, 6.07) is 0. The van der Waals surface area contributed by atoms with Crippen molar-refractivity contribution >= 4 is 11.6 Å². The third kappa shape index (κ3) is 1.54. The van der Waals surface area contributed by atoms with Crippen molar-refractivity contribution in [3.8, 4) is 0 Å². The molecule has 0 aliphatic rings. The summed E-state index contributed by atoms with van der Waals surface area (Å²) in [5.41, 5.74) is 1.09. The van der Waals surface area contributed by atoms with Crippen LogP contribution in [0.1, 0.15) is 11.5 Å². The molecule has 2 rings (SSSR count).